The number of aliphatic hydroxyl groups is 2. The highest BCUT2D eigenvalue weighted by atomic mass is 32.2. The molecule has 1 aromatic carbocycles. The molecule has 4 atom stereocenters. The van der Waals surface area contributed by atoms with Crippen LogP contribution >= 0.6 is 0 Å². The normalized spacial score (nSPS) is 21.9. The van der Waals surface area contributed by atoms with Gasteiger partial charge in [0.1, 0.15) is 23.8 Å². The number of alkyl halides is 3. The highest BCUT2D eigenvalue weighted by molar-refractivity contribution is 7.92. The average molecular weight is 583 g/mol. The van der Waals surface area contributed by atoms with Gasteiger partial charge in [0.05, 0.1) is 12.0 Å². The molecule has 0 saturated carbocycles. The van der Waals surface area contributed by atoms with Crippen LogP contribution in [-0.4, -0.2) is 81.8 Å². The second-order valence-corrected chi connectivity index (χ2v) is 10.7. The zero-order chi connectivity index (χ0) is 29.2. The summed E-state index contributed by atoms with van der Waals surface area (Å²) in [6.07, 6.45) is -6.65. The lowest BCUT2D eigenvalue weighted by Gasteiger charge is -2.16. The Balaban J connectivity index is 1.33. The third-order valence-electron chi connectivity index (χ3n) is 6.27. The number of imidazole rings is 1. The number of nitrogen functional groups attached to an aromatic ring is 1. The largest absolute Gasteiger partial charge is 0.451 e. The quantitative estimate of drug-likeness (QED) is 0.161. The Morgan fingerprint density at radius 2 is 1.93 bits per heavy atom. The summed E-state index contributed by atoms with van der Waals surface area (Å²) in [5.74, 6) is -0.709. The van der Waals surface area contributed by atoms with Crippen LogP contribution in [0, 0.1) is 0 Å². The number of sulfonamides is 1. The number of pyridine rings is 1. The third-order valence-corrected chi connectivity index (χ3v) is 7.39. The van der Waals surface area contributed by atoms with Crippen molar-refractivity contribution < 1.29 is 46.4 Å². The van der Waals surface area contributed by atoms with Gasteiger partial charge in [-0.05, 0) is 17.9 Å². The lowest BCUT2D eigenvalue weighted by Crippen LogP contribution is -2.47. The van der Waals surface area contributed by atoms with Crippen LogP contribution in [0.25, 0.3) is 11.2 Å². The van der Waals surface area contributed by atoms with Crippen molar-refractivity contribution in [1.29, 1.82) is 0 Å². The Morgan fingerprint density at radius 3 is 2.65 bits per heavy atom. The number of carbonyl (C=O) groups is 1. The van der Waals surface area contributed by atoms with Crippen molar-refractivity contribution in [3.8, 4) is 0 Å². The van der Waals surface area contributed by atoms with Crippen LogP contribution in [0.5, 0.6) is 0 Å². The lowest BCUT2D eigenvalue weighted by molar-refractivity contribution is -0.0599. The number of nitrogens with one attached hydrogen (secondary N) is 1. The first kappa shape index (κ1) is 29.6. The minimum atomic E-state index is -4.96. The molecule has 40 heavy (non-hydrogen) atoms. The number of ketones is 1. The molecule has 0 amide bonds. The van der Waals surface area contributed by atoms with E-state index in [4.69, 9.17) is 10.5 Å². The number of aliphatic hydroxyl groups excluding tert-OH is 2. The van der Waals surface area contributed by atoms with E-state index in [1.54, 1.807) is 6.07 Å². The molecule has 3 heterocycles. The van der Waals surface area contributed by atoms with E-state index in [0.29, 0.717) is 16.9 Å². The van der Waals surface area contributed by atoms with Crippen LogP contribution in [0.1, 0.15) is 29.4 Å². The van der Waals surface area contributed by atoms with Gasteiger partial charge in [-0.2, -0.15) is 13.2 Å². The molecule has 17 heteroatoms. The third kappa shape index (κ3) is 6.34. The lowest BCUT2D eigenvalue weighted by atomic mass is 9.58. The monoisotopic (exact) mass is 583 g/mol. The molecule has 0 aliphatic carbocycles. The van der Waals surface area contributed by atoms with Gasteiger partial charge in [0, 0.05) is 30.1 Å². The van der Waals surface area contributed by atoms with Crippen molar-refractivity contribution in [1.82, 2.24) is 19.3 Å². The fourth-order valence-electron chi connectivity index (χ4n) is 4.22. The van der Waals surface area contributed by atoms with E-state index in [1.807, 2.05) is 0 Å². The summed E-state index contributed by atoms with van der Waals surface area (Å²) in [5.41, 5.74) is 5.96. The molecule has 0 unspecified atom stereocenters. The summed E-state index contributed by atoms with van der Waals surface area (Å²) in [4.78, 5) is 20.7. The van der Waals surface area contributed by atoms with E-state index >= 15 is 0 Å². The molecule has 0 bridgehead atoms. The molecule has 1 aliphatic heterocycles. The molecular weight excluding hydrogens is 558 g/mol. The average Bonchev–Trinajstić information content (AvgIpc) is 3.46. The number of Topliss-reactive ketones (excluding diaryl/α,β-unsaturated/α-hetero) is 1. The summed E-state index contributed by atoms with van der Waals surface area (Å²) in [5, 5.41) is 31.2. The van der Waals surface area contributed by atoms with Crippen LogP contribution < -0.4 is 15.9 Å². The first-order valence-corrected chi connectivity index (χ1v) is 13.5. The molecular formula is C23H25BF3N5O7S. The van der Waals surface area contributed by atoms with Crippen molar-refractivity contribution in [3.05, 3.63) is 59.9 Å². The molecule has 1 saturated heterocycles. The van der Waals surface area contributed by atoms with E-state index in [1.165, 1.54) is 29.2 Å². The zero-order valence-electron chi connectivity index (χ0n) is 20.6. The zero-order valence-corrected chi connectivity index (χ0v) is 21.5. The van der Waals surface area contributed by atoms with Gasteiger partial charge in [0.25, 0.3) is 0 Å². The molecule has 0 radical (unpaired) electrons. The van der Waals surface area contributed by atoms with E-state index in [9.17, 15) is 41.6 Å². The molecule has 214 valence electrons. The number of nitrogens with zero attached hydrogens (tertiary/aromatic N) is 3. The summed E-state index contributed by atoms with van der Waals surface area (Å²) in [6.45, 7) is -3.24. The summed E-state index contributed by atoms with van der Waals surface area (Å²) >= 11 is 0. The summed E-state index contributed by atoms with van der Waals surface area (Å²) in [7, 11) is -4.08. The highest BCUT2D eigenvalue weighted by Crippen LogP contribution is 2.32. The number of rotatable bonds is 10. The maximum atomic E-state index is 12.9. The topological polar surface area (TPSA) is 190 Å². The van der Waals surface area contributed by atoms with Crippen LogP contribution in [-0.2, 0) is 14.8 Å². The van der Waals surface area contributed by atoms with Gasteiger partial charge in [-0.15, -0.1) is 0 Å². The summed E-state index contributed by atoms with van der Waals surface area (Å²) in [6, 6.07) is 6.31. The maximum Gasteiger partial charge on any atom is 0.451 e. The smallest absolute Gasteiger partial charge is 0.440 e. The fourth-order valence-corrected chi connectivity index (χ4v) is 5.11. The molecule has 6 N–H and O–H groups in total. The van der Waals surface area contributed by atoms with Gasteiger partial charge in [-0.25, -0.2) is 23.1 Å². The molecule has 4 rings (SSSR count). The Morgan fingerprint density at radius 1 is 1.20 bits per heavy atom. The fraction of sp³-hybridized carbons (Fsp3) is 0.348. The number of anilines is 1. The van der Waals surface area contributed by atoms with Gasteiger partial charge in [-0.3, -0.25) is 9.36 Å². The second-order valence-electron chi connectivity index (χ2n) is 9.03. The Bertz CT molecular complexity index is 1520. The first-order chi connectivity index (χ1) is 18.8. The molecule has 2 aromatic heterocycles. The van der Waals surface area contributed by atoms with Gasteiger partial charge < -0.3 is 25.7 Å². The number of hydrogen-bond acceptors (Lipinski definition) is 10. The number of fused-ring (bicyclic) bond motifs is 1. The SMILES string of the molecule is Nc1ccnc2c1ncn2[C@@H]1O[C@H](CNS(=O)(=O)/C=C/CCC(=O)c2ccccc2B(O)C(F)(F)F)[C@@H](O)[C@H]1O. The molecule has 0 spiro atoms. The van der Waals surface area contributed by atoms with Crippen molar-refractivity contribution in [3.63, 3.8) is 0 Å². The van der Waals surface area contributed by atoms with E-state index in [-0.39, 0.29) is 18.4 Å². The van der Waals surface area contributed by atoms with Crippen LogP contribution in [0.15, 0.2) is 54.3 Å². The predicted octanol–water partition coefficient (Wildman–Crippen LogP) is 0.0212. The number of hydrogen-bond donors (Lipinski definition) is 5. The molecule has 3 aromatic rings. The van der Waals surface area contributed by atoms with E-state index in [2.05, 4.69) is 14.7 Å². The Kier molecular flexibility index (Phi) is 8.62. The second kappa shape index (κ2) is 11.6. The summed E-state index contributed by atoms with van der Waals surface area (Å²) < 4.78 is 72.8. The molecule has 1 fully saturated rings. The van der Waals surface area contributed by atoms with E-state index < -0.39 is 65.3 Å². The number of carbonyl (C=O) groups excluding carboxylic acids is 1. The minimum Gasteiger partial charge on any atom is -0.440 e. The predicted molar refractivity (Wildman–Crippen MR) is 138 cm³/mol. The van der Waals surface area contributed by atoms with Crippen molar-refractivity contribution >= 4 is 45.0 Å². The Hall–Kier alpha value is -3.35. The number of ether oxygens (including phenoxy) is 1. The number of allylic oxidation sites excluding steroid dienone is 1. The van der Waals surface area contributed by atoms with Crippen molar-refractivity contribution in [2.75, 3.05) is 12.3 Å². The number of halogens is 3. The van der Waals surface area contributed by atoms with Crippen molar-refractivity contribution in [2.24, 2.45) is 0 Å². The number of nitrogens with two attached hydrogens (primary N) is 1. The highest BCUT2D eigenvalue weighted by Gasteiger charge is 2.46. The minimum absolute atomic E-state index is 0.122. The van der Waals surface area contributed by atoms with Crippen LogP contribution in [0.4, 0.5) is 18.9 Å². The van der Waals surface area contributed by atoms with Crippen LogP contribution in [0.2, 0.25) is 0 Å². The standard InChI is InChI=1S/C23H25BF3N5O7S/c25-23(26,27)24(36)14-6-2-1-5-13(14)16(33)7-3-4-10-40(37,38)31-11-17-19(34)20(35)22(39-17)32-12-30-18-15(28)8-9-29-21(18)32/h1-2,4-6,8-10,12,17,19-20,22,31,34-36H,3,7,11H2,(H2,28,29)/b10-4+/t17-,19-,20-,22-/m1/s1. The first-order valence-electron chi connectivity index (χ1n) is 11.9. The molecule has 1 aliphatic rings. The van der Waals surface area contributed by atoms with Crippen molar-refractivity contribution in [2.45, 2.75) is 43.5 Å². The van der Waals surface area contributed by atoms with Gasteiger partial charge in [0.15, 0.2) is 17.7 Å². The van der Waals surface area contributed by atoms with Gasteiger partial charge in [-0.1, -0.05) is 30.3 Å². The molecule has 12 nitrogen and oxygen atoms in total. The number of benzene rings is 1. The van der Waals surface area contributed by atoms with Crippen LogP contribution in [0.3, 0.4) is 0 Å². The van der Waals surface area contributed by atoms with E-state index in [0.717, 1.165) is 23.6 Å². The Labute approximate surface area is 226 Å². The van der Waals surface area contributed by atoms with Gasteiger partial charge >= 0.3 is 13.0 Å². The van der Waals surface area contributed by atoms with Gasteiger partial charge in [0.2, 0.25) is 10.0 Å². The maximum absolute atomic E-state index is 12.9. The number of aromatic nitrogens is 3.